The van der Waals surface area contributed by atoms with Crippen LogP contribution in [0.25, 0.3) is 0 Å². The van der Waals surface area contributed by atoms with Gasteiger partial charge < -0.3 is 155 Å². The second-order valence-corrected chi connectivity index (χ2v) is 33.7. The summed E-state index contributed by atoms with van der Waals surface area (Å²) in [5.74, 6) is -28.1. The number of carboxylic acids is 5. The third-order valence-electron chi connectivity index (χ3n) is 20.6. The molecule has 2 aromatic carbocycles. The maximum atomic E-state index is 14.7. The number of primary amides is 1. The number of aliphatic hydroxyl groups is 1. The van der Waals surface area contributed by atoms with E-state index in [4.69, 9.17) is 34.1 Å². The highest BCUT2D eigenvalue weighted by Crippen LogP contribution is 2.19. The van der Waals surface area contributed by atoms with E-state index < -0.39 is 290 Å². The molecule has 2 rings (SSSR count). The predicted octanol–water partition coefficient (Wildman–Crippen LogP) is -7.19. The molecular formula is C85H134N22O29. The molecule has 0 saturated heterocycles. The second-order valence-electron chi connectivity index (χ2n) is 33.7. The molecule has 35 N–H and O–H groups in total. The minimum Gasteiger partial charge on any atom is -0.508 e. The molecule has 0 aliphatic carbocycles. The first-order chi connectivity index (χ1) is 63.8. The Balaban J connectivity index is 2.51. The van der Waals surface area contributed by atoms with Gasteiger partial charge in [-0.05, 0) is 164 Å². The van der Waals surface area contributed by atoms with Crippen LogP contribution >= 0.6 is 0 Å². The van der Waals surface area contributed by atoms with Gasteiger partial charge in [0.15, 0.2) is 5.96 Å². The number of unbranched alkanes of at least 4 members (excludes halogenated alkanes) is 2. The Labute approximate surface area is 783 Å². The quantitative estimate of drug-likeness (QED) is 0.0166. The fraction of sp³-hybridized carbons (Fsp3) is 0.600. The van der Waals surface area contributed by atoms with Crippen LogP contribution in [0.1, 0.15) is 182 Å². The third-order valence-corrected chi connectivity index (χ3v) is 20.6. The number of benzene rings is 2. The molecule has 0 bridgehead atoms. The van der Waals surface area contributed by atoms with Crippen LogP contribution in [-0.4, -0.2) is 294 Å². The van der Waals surface area contributed by atoms with Gasteiger partial charge in [-0.2, -0.15) is 0 Å². The van der Waals surface area contributed by atoms with Gasteiger partial charge in [-0.3, -0.25) is 101 Å². The summed E-state index contributed by atoms with van der Waals surface area (Å²) in [6.45, 7) is 10.6. The van der Waals surface area contributed by atoms with Gasteiger partial charge in [-0.25, -0.2) is 4.79 Å². The summed E-state index contributed by atoms with van der Waals surface area (Å²) in [5, 5.41) is 125. The largest absolute Gasteiger partial charge is 0.508 e. The Morgan fingerprint density at radius 1 is 0.331 bits per heavy atom. The van der Waals surface area contributed by atoms with Gasteiger partial charge in [0.25, 0.3) is 0 Å². The normalized spacial score (nSPS) is 14.6. The number of guanidine groups is 1. The Hall–Kier alpha value is -14.0. The number of amides is 16. The van der Waals surface area contributed by atoms with Crippen LogP contribution in [0, 0.1) is 23.2 Å². The molecule has 16 amide bonds. The number of aliphatic carboxylic acids is 5. The van der Waals surface area contributed by atoms with Gasteiger partial charge >= 0.3 is 29.8 Å². The van der Waals surface area contributed by atoms with Crippen molar-refractivity contribution in [2.24, 2.45) is 46.4 Å². The van der Waals surface area contributed by atoms with E-state index in [0.717, 1.165) is 6.92 Å². The van der Waals surface area contributed by atoms with E-state index >= 15 is 0 Å². The second kappa shape index (κ2) is 61.0. The molecule has 2 aromatic rings. The molecule has 0 saturated carbocycles. The molecule has 0 radical (unpaired) electrons. The monoisotopic (exact) mass is 1930 g/mol. The molecule has 51 heteroatoms. The van der Waals surface area contributed by atoms with Crippen LogP contribution in [0.5, 0.6) is 11.5 Å². The lowest BCUT2D eigenvalue weighted by molar-refractivity contribution is -0.147. The molecule has 0 spiro atoms. The molecule has 0 heterocycles. The molecule has 0 aliphatic heterocycles. The lowest BCUT2D eigenvalue weighted by atomic mass is 9.99. The molecule has 758 valence electrons. The summed E-state index contributed by atoms with van der Waals surface area (Å²) in [4.78, 5) is 284. The number of aromatic hydroxyl groups is 2. The average molecular weight is 1930 g/mol. The Morgan fingerprint density at radius 2 is 0.640 bits per heavy atom. The number of phenols is 2. The minimum atomic E-state index is -2.11. The van der Waals surface area contributed by atoms with Gasteiger partial charge in [0.05, 0.1) is 25.5 Å². The summed E-state index contributed by atoms with van der Waals surface area (Å²) in [5.41, 5.74) is 28.8. The molecule has 0 fully saturated rings. The molecule has 16 atom stereocenters. The van der Waals surface area contributed by atoms with Gasteiger partial charge in [0, 0.05) is 38.6 Å². The lowest BCUT2D eigenvalue weighted by Crippen LogP contribution is -2.62. The topological polar surface area (TPSA) is 867 Å². The van der Waals surface area contributed by atoms with Crippen molar-refractivity contribution in [1.29, 1.82) is 5.41 Å². The van der Waals surface area contributed by atoms with Crippen molar-refractivity contribution in [2.45, 2.75) is 280 Å². The number of nitrogens with one attached hydrogen (secondary N) is 17. The number of phenolic OH excluding ortho intramolecular Hbond substituents is 2. The number of aliphatic hydroxyl groups excluding tert-OH is 1. The molecule has 51 nitrogen and oxygen atoms in total. The highest BCUT2D eigenvalue weighted by Gasteiger charge is 2.40. The number of hydrogen-bond acceptors (Lipinski definition) is 28. The fourth-order valence-electron chi connectivity index (χ4n) is 13.2. The molecule has 0 aromatic heterocycles. The Kier molecular flexibility index (Phi) is 53.0. The molecule has 0 unspecified atom stereocenters. The Morgan fingerprint density at radius 3 is 1.01 bits per heavy atom. The SMILES string of the molecule is CC(C)C[C@H](NC(=O)[C@H](CCC(=O)O)NC(=O)[C@H](CCCNC(=N)N)NC(=O)[C@H](CCCCN)NC(=O)[C@H](CCCCN)NC(=O)[C@H](C)NC(=O)[C@H](CC(=O)O)NC(=O)[C@H](CO)NC(=O)[C@H](CC(C)C)NC(=O)[C@@H](NC(=O)[C@H](CCC(=O)O)NC(=O)[C@H](Cc1ccc(O)cc1)NC(=O)[C@H](C)NC(=O)[C@@H](N)CCC(N)=O)C(C)C)C(=O)N[C@@H](Cc1ccc(O)cc1)C(=O)N[C@@H](CC(=O)O)C(=O)O. The first-order valence-electron chi connectivity index (χ1n) is 44.1. The number of carbonyl (C=O) groups is 21. The first-order valence-corrected chi connectivity index (χ1v) is 44.1. The zero-order chi connectivity index (χ0) is 103. The van der Waals surface area contributed by atoms with E-state index in [1.807, 2.05) is 0 Å². The van der Waals surface area contributed by atoms with Crippen molar-refractivity contribution >= 4 is 130 Å². The van der Waals surface area contributed by atoms with E-state index in [0.29, 0.717) is 11.1 Å². The highest BCUT2D eigenvalue weighted by atomic mass is 16.4. The number of carboxylic acid groups (broad SMARTS) is 5. The van der Waals surface area contributed by atoms with Crippen LogP contribution < -0.4 is 114 Å². The third kappa shape index (κ3) is 46.1. The van der Waals surface area contributed by atoms with Crippen LogP contribution in [0.3, 0.4) is 0 Å². The highest BCUT2D eigenvalue weighted by molar-refractivity contribution is 6.02. The van der Waals surface area contributed by atoms with E-state index in [2.05, 4.69) is 85.1 Å². The first kappa shape index (κ1) is 118. The predicted molar refractivity (Wildman–Crippen MR) is 482 cm³/mol. The van der Waals surface area contributed by atoms with E-state index in [1.165, 1.54) is 69.3 Å². The van der Waals surface area contributed by atoms with Crippen molar-refractivity contribution in [3.8, 4) is 11.5 Å². The van der Waals surface area contributed by atoms with Crippen LogP contribution in [0.2, 0.25) is 0 Å². The lowest BCUT2D eigenvalue weighted by Gasteiger charge is -2.29. The smallest absolute Gasteiger partial charge is 0.326 e. The van der Waals surface area contributed by atoms with Gasteiger partial charge in [-0.15, -0.1) is 0 Å². The molecule has 136 heavy (non-hydrogen) atoms. The summed E-state index contributed by atoms with van der Waals surface area (Å²) in [6.07, 6.45) is -6.73. The van der Waals surface area contributed by atoms with E-state index in [-0.39, 0.29) is 121 Å². The summed E-state index contributed by atoms with van der Waals surface area (Å²) in [6, 6.07) is -16.5. The van der Waals surface area contributed by atoms with Crippen LogP contribution in [0.4, 0.5) is 0 Å². The zero-order valence-electron chi connectivity index (χ0n) is 77.1. The average Bonchev–Trinajstić information content (AvgIpc) is 0.852. The maximum absolute atomic E-state index is 14.7. The van der Waals surface area contributed by atoms with Crippen molar-refractivity contribution in [2.75, 3.05) is 26.2 Å². The van der Waals surface area contributed by atoms with Crippen molar-refractivity contribution in [3.05, 3.63) is 59.7 Å². The number of hydrogen-bond donors (Lipinski definition) is 30. The standard InChI is InChI=1S/C85H134N22O29/c1-41(2)34-56(78(129)102-59(37-47-19-23-49(110)24-20-47)81(132)105-61(84(135)136)39-67(118)119)101-75(126)54(26-29-64(112)113)98-74(125)53(16-13-33-92-85(90)91)97-73(124)52(15-10-12-32-87)96-72(123)51(14-9-11-31-86)95-69(120)45(8)94-77(128)60(38-66(116)117)103-82(133)62(40-108)106-79(130)57(35-42(3)4)104-83(134)68(43(5)6)107-76(127)55(27-30-65(114)115)99-80(131)58(36-46-17-21-48(109)22-18-46)100-70(121)44(7)93-71(122)50(88)25-28-63(89)111/h17-24,41-45,50-62,68,108-110H,9-16,25-40,86-88H2,1-8H3,(H2,89,111)(H,93,122)(H,94,128)(H,95,120)(H,96,123)(H,97,124)(H,98,125)(H,99,131)(H,100,121)(H,101,126)(H,102,129)(H,103,133)(H,104,134)(H,105,132)(H,106,130)(H,107,127)(H,112,113)(H,114,115)(H,116,117)(H,118,119)(H,135,136)(H4,90,91,92)/t44-,45-,50-,51-,52-,53-,54-,55-,56-,57-,58-,59-,60-,61-,62-,68-/m0/s1. The van der Waals surface area contributed by atoms with Crippen molar-refractivity contribution < 1.29 is 142 Å². The van der Waals surface area contributed by atoms with E-state index in [9.17, 15) is 142 Å². The molecular weight excluding hydrogens is 1790 g/mol. The van der Waals surface area contributed by atoms with Gasteiger partial charge in [0.1, 0.15) is 102 Å². The van der Waals surface area contributed by atoms with Gasteiger partial charge in [-0.1, -0.05) is 65.8 Å². The van der Waals surface area contributed by atoms with E-state index in [1.54, 1.807) is 27.7 Å². The van der Waals surface area contributed by atoms with Crippen molar-refractivity contribution in [1.82, 2.24) is 85.1 Å². The maximum Gasteiger partial charge on any atom is 0.326 e. The summed E-state index contributed by atoms with van der Waals surface area (Å²) in [7, 11) is 0. The number of rotatable bonds is 66. The number of nitrogens with two attached hydrogens (primary N) is 5. The summed E-state index contributed by atoms with van der Waals surface area (Å²) < 4.78 is 0. The van der Waals surface area contributed by atoms with Crippen LogP contribution in [-0.2, 0) is 114 Å². The number of carbonyl (C=O) groups excluding carboxylic acids is 16. The zero-order valence-corrected chi connectivity index (χ0v) is 77.1. The minimum absolute atomic E-state index is 0.0632. The Bertz CT molecular complexity index is 4430. The summed E-state index contributed by atoms with van der Waals surface area (Å²) >= 11 is 0. The van der Waals surface area contributed by atoms with Crippen molar-refractivity contribution in [3.63, 3.8) is 0 Å². The fourth-order valence-corrected chi connectivity index (χ4v) is 13.2. The molecule has 0 aliphatic rings. The van der Waals surface area contributed by atoms with Gasteiger partial charge in [0.2, 0.25) is 94.5 Å². The van der Waals surface area contributed by atoms with Crippen LogP contribution in [0.15, 0.2) is 48.5 Å².